The zero-order valence-corrected chi connectivity index (χ0v) is 31.7. The summed E-state index contributed by atoms with van der Waals surface area (Å²) in [6.07, 6.45) is 7.64. The van der Waals surface area contributed by atoms with Crippen LogP contribution in [0.2, 0.25) is 0 Å². The van der Waals surface area contributed by atoms with Crippen molar-refractivity contribution >= 4 is 44.7 Å². The second-order valence-corrected chi connectivity index (χ2v) is 16.8. The van der Waals surface area contributed by atoms with Crippen molar-refractivity contribution in [3.8, 4) is 11.5 Å². The van der Waals surface area contributed by atoms with Crippen molar-refractivity contribution in [2.24, 2.45) is 4.99 Å². The van der Waals surface area contributed by atoms with Gasteiger partial charge in [-0.15, -0.1) is 5.06 Å². The van der Waals surface area contributed by atoms with Gasteiger partial charge in [0.1, 0.15) is 23.1 Å². The van der Waals surface area contributed by atoms with Crippen molar-refractivity contribution in [2.75, 3.05) is 17.2 Å². The molecule has 13 nitrogen and oxygen atoms in total. The molecule has 2 amide bonds. The maximum absolute atomic E-state index is 12.3. The topological polar surface area (TPSA) is 161 Å². The molecule has 1 aromatic heterocycles. The second kappa shape index (κ2) is 13.2. The van der Waals surface area contributed by atoms with E-state index in [-0.39, 0.29) is 30.7 Å². The van der Waals surface area contributed by atoms with Crippen LogP contribution in [0, 0.1) is 0 Å². The highest BCUT2D eigenvalue weighted by atomic mass is 32.2. The van der Waals surface area contributed by atoms with Crippen LogP contribution in [0.4, 0.5) is 5.69 Å². The van der Waals surface area contributed by atoms with E-state index in [9.17, 15) is 27.4 Å². The zero-order chi connectivity index (χ0) is 38.0. The van der Waals surface area contributed by atoms with Crippen LogP contribution in [0.15, 0.2) is 47.7 Å². The number of carbonyl (C=O) groups excluding carboxylic acids is 3. The van der Waals surface area contributed by atoms with E-state index >= 15 is 0 Å². The molecule has 4 aliphatic rings. The number of aromatic nitrogens is 2. The fourth-order valence-electron chi connectivity index (χ4n) is 7.94. The molecule has 0 saturated carbocycles. The monoisotopic (exact) mass is 743 g/mol. The van der Waals surface area contributed by atoms with Gasteiger partial charge in [0.2, 0.25) is 0 Å². The van der Waals surface area contributed by atoms with Crippen molar-refractivity contribution in [1.82, 2.24) is 14.6 Å². The van der Waals surface area contributed by atoms with Gasteiger partial charge in [-0.25, -0.2) is 9.78 Å². The Morgan fingerprint density at radius 3 is 2.45 bits per heavy atom. The summed E-state index contributed by atoms with van der Waals surface area (Å²) < 4.78 is 43.4. The molecule has 53 heavy (non-hydrogen) atoms. The molecule has 1 saturated heterocycles. The molecule has 1 fully saturated rings. The fourth-order valence-corrected chi connectivity index (χ4v) is 8.57. The van der Waals surface area contributed by atoms with E-state index in [4.69, 9.17) is 19.6 Å². The predicted octanol–water partition coefficient (Wildman–Crippen LogP) is 4.59. The number of hydrogen-bond acceptors (Lipinski definition) is 10. The first-order chi connectivity index (χ1) is 25.0. The van der Waals surface area contributed by atoms with Crippen LogP contribution in [0.1, 0.15) is 103 Å². The summed E-state index contributed by atoms with van der Waals surface area (Å²) in [6, 6.07) is 8.13. The number of likely N-dealkylation sites (N-methyl/N-ethyl adjacent to an activating group) is 1. The molecule has 7 rings (SSSR count). The highest BCUT2D eigenvalue weighted by Gasteiger charge is 2.38. The molecule has 280 valence electrons. The maximum Gasteiger partial charge on any atom is 0.333 e. The van der Waals surface area contributed by atoms with Crippen LogP contribution >= 0.6 is 0 Å². The number of nitrogens with zero attached hydrogens (tertiary/aromatic N) is 5. The third kappa shape index (κ3) is 6.67. The van der Waals surface area contributed by atoms with E-state index in [2.05, 4.69) is 36.3 Å². The predicted molar refractivity (Wildman–Crippen MR) is 197 cm³/mol. The van der Waals surface area contributed by atoms with E-state index in [1.807, 2.05) is 51.2 Å². The van der Waals surface area contributed by atoms with Gasteiger partial charge in [0, 0.05) is 89.9 Å². The molecule has 1 N–H and O–H groups in total. The molecule has 5 heterocycles. The molecule has 4 aliphatic heterocycles. The first-order valence-electron chi connectivity index (χ1n) is 18.1. The number of imide groups is 1. The van der Waals surface area contributed by atoms with E-state index in [1.165, 1.54) is 0 Å². The third-order valence-electron chi connectivity index (χ3n) is 11.0. The van der Waals surface area contributed by atoms with Crippen LogP contribution < -0.4 is 20.2 Å². The summed E-state index contributed by atoms with van der Waals surface area (Å²) >= 11 is 0. The van der Waals surface area contributed by atoms with Crippen LogP contribution in [0.25, 0.3) is 11.1 Å². The van der Waals surface area contributed by atoms with Gasteiger partial charge < -0.3 is 19.0 Å². The smallest absolute Gasteiger partial charge is 0.333 e. The number of ether oxygens (including phenoxy) is 1. The van der Waals surface area contributed by atoms with Gasteiger partial charge in [-0.05, 0) is 63.8 Å². The molecule has 3 aromatic rings. The zero-order valence-electron chi connectivity index (χ0n) is 30.9. The Kier molecular flexibility index (Phi) is 9.13. The van der Waals surface area contributed by atoms with E-state index in [1.54, 1.807) is 6.20 Å². The molecular weight excluding hydrogens is 699 g/mol. The molecule has 2 aromatic carbocycles. The third-order valence-corrected chi connectivity index (χ3v) is 11.6. The average Bonchev–Trinajstić information content (AvgIpc) is 3.72. The number of fused-ring (bicyclic) bond motifs is 4. The molecule has 0 radical (unpaired) electrons. The first kappa shape index (κ1) is 36.5. The highest BCUT2D eigenvalue weighted by molar-refractivity contribution is 7.86. The van der Waals surface area contributed by atoms with Gasteiger partial charge in [0.05, 0.1) is 16.9 Å². The number of rotatable bonds is 11. The normalized spacial score (nSPS) is 19.6. The second-order valence-electron chi connectivity index (χ2n) is 15.3. The summed E-state index contributed by atoms with van der Waals surface area (Å²) in [6.45, 7) is 13.8. The quantitative estimate of drug-likeness (QED) is 0.131. The van der Waals surface area contributed by atoms with Gasteiger partial charge in [0.25, 0.3) is 21.9 Å². The van der Waals surface area contributed by atoms with E-state index < -0.39 is 39.2 Å². The lowest BCUT2D eigenvalue weighted by atomic mass is 9.80. The fraction of sp³-hybridized carbons (Fsp3) is 0.462. The largest absolute Gasteiger partial charge is 0.456 e. The molecule has 1 unspecified atom stereocenters. The average molecular weight is 744 g/mol. The van der Waals surface area contributed by atoms with Crippen LogP contribution in [-0.2, 0) is 41.3 Å². The van der Waals surface area contributed by atoms with Crippen molar-refractivity contribution < 1.29 is 36.9 Å². The summed E-state index contributed by atoms with van der Waals surface area (Å²) in [5.41, 5.74) is 3.92. The Hall–Kier alpha value is -4.82. The number of carbonyl (C=O) groups is 3. The summed E-state index contributed by atoms with van der Waals surface area (Å²) in [5, 5.41) is 2.31. The number of benzene rings is 2. The number of anilines is 1. The molecule has 0 spiro atoms. The van der Waals surface area contributed by atoms with E-state index in [0.717, 1.165) is 33.0 Å². The minimum Gasteiger partial charge on any atom is -0.456 e. The Morgan fingerprint density at radius 1 is 1.02 bits per heavy atom. The lowest BCUT2D eigenvalue weighted by molar-refractivity contribution is -0.197. The van der Waals surface area contributed by atoms with Crippen molar-refractivity contribution in [1.29, 1.82) is 0 Å². The SMILES string of the molecule is CCN1c2cc3c(cc2C(CS(=O)(=O)O)=CC1(C)C)C(c1nccn1CCCCCC(=O)ON1C(=O)CCC1=O)=c1cc2c(cc1O3)=NC(C)C2(C)C. The Bertz CT molecular complexity index is 2310. The lowest BCUT2D eigenvalue weighted by Crippen LogP contribution is -2.45. The highest BCUT2D eigenvalue weighted by Crippen LogP contribution is 2.47. The van der Waals surface area contributed by atoms with Gasteiger partial charge >= 0.3 is 5.97 Å². The number of hydroxylamine groups is 2. The van der Waals surface area contributed by atoms with Gasteiger partial charge in [-0.3, -0.25) is 19.1 Å². The van der Waals surface area contributed by atoms with Gasteiger partial charge in [-0.2, -0.15) is 8.42 Å². The Balaban J connectivity index is 1.27. The summed E-state index contributed by atoms with van der Waals surface area (Å²) in [5.74, 6) is -0.196. The minimum absolute atomic E-state index is 0.0500. The number of hydrogen-bond donors (Lipinski definition) is 1. The van der Waals surface area contributed by atoms with E-state index in [0.29, 0.717) is 65.9 Å². The first-order valence-corrected chi connectivity index (χ1v) is 19.8. The number of unbranched alkanes of at least 4 members (excludes halogenated alkanes) is 2. The van der Waals surface area contributed by atoms with Crippen molar-refractivity contribution in [3.05, 3.63) is 75.8 Å². The number of imidazole rings is 1. The summed E-state index contributed by atoms with van der Waals surface area (Å²) in [7, 11) is -4.34. The van der Waals surface area contributed by atoms with Gasteiger partial charge in [-0.1, -0.05) is 26.3 Å². The lowest BCUT2D eigenvalue weighted by Gasteiger charge is -2.43. The Morgan fingerprint density at radius 2 is 1.75 bits per heavy atom. The van der Waals surface area contributed by atoms with Crippen LogP contribution in [0.5, 0.6) is 11.5 Å². The molecule has 0 aliphatic carbocycles. The number of aryl methyl sites for hydroxylation is 1. The van der Waals surface area contributed by atoms with Crippen molar-refractivity contribution in [2.45, 2.75) is 104 Å². The van der Waals surface area contributed by atoms with Crippen LogP contribution in [0.3, 0.4) is 0 Å². The minimum atomic E-state index is -4.34. The standard InChI is InChI=1S/C39H45N5O8S/c1-7-43-30-20-32-26(17-25(30)24(21-38(43,3)4)22-53(48,49)50)36(27-18-28-29(19-31(27)51-32)41-23(2)39(28,5)6)37-40-14-16-42(37)15-10-8-9-11-35(47)52-44-33(45)12-13-34(44)46/h14,16-21,23H,7-13,15,22H2,1-6H3,(H,48,49,50). The molecule has 0 bridgehead atoms. The molecule has 1 atom stereocenters. The number of amides is 2. The van der Waals surface area contributed by atoms with Crippen LogP contribution in [-0.4, -0.2) is 69.2 Å². The molecular formula is C39H45N5O8S. The van der Waals surface area contributed by atoms with Gasteiger partial charge in [0.15, 0.2) is 0 Å². The molecule has 14 heteroatoms. The van der Waals surface area contributed by atoms with Crippen molar-refractivity contribution in [3.63, 3.8) is 0 Å². The summed E-state index contributed by atoms with van der Waals surface area (Å²) in [4.78, 5) is 53.0. The Labute approximate surface area is 308 Å². The maximum atomic E-state index is 12.3.